The van der Waals surface area contributed by atoms with Crippen LogP contribution < -0.4 is 15.0 Å². The normalized spacial score (nSPS) is 10.4. The quantitative estimate of drug-likeness (QED) is 0.416. The predicted molar refractivity (Wildman–Crippen MR) is 110 cm³/mol. The van der Waals surface area contributed by atoms with Gasteiger partial charge in [0, 0.05) is 18.8 Å². The molecule has 9 nitrogen and oxygen atoms in total. The van der Waals surface area contributed by atoms with Crippen LogP contribution in [0.2, 0.25) is 0 Å². The van der Waals surface area contributed by atoms with Crippen LogP contribution in [0.3, 0.4) is 0 Å². The standard InChI is InChI=1S/C20H21N5O4/c1-2-24(12-13-26)20-18(25(27)28)19(21-14-22-20)23-15-8-10-17(11-9-15)29-16-6-4-3-5-7-16/h3-11,14,26H,2,12-13H2,1H3,(H,21,22,23). The number of hydrogen-bond donors (Lipinski definition) is 2. The third kappa shape index (κ3) is 4.96. The molecule has 0 unspecified atom stereocenters. The van der Waals surface area contributed by atoms with Gasteiger partial charge < -0.3 is 20.1 Å². The Morgan fingerprint density at radius 1 is 1.10 bits per heavy atom. The SMILES string of the molecule is CCN(CCO)c1ncnc(Nc2ccc(Oc3ccccc3)cc2)c1[N+](=O)[O-]. The van der Waals surface area contributed by atoms with Crippen molar-refractivity contribution in [2.24, 2.45) is 0 Å². The number of likely N-dealkylation sites (N-methyl/N-ethyl adjacent to an activating group) is 1. The van der Waals surface area contributed by atoms with Crippen LogP contribution in [0.5, 0.6) is 11.5 Å². The van der Waals surface area contributed by atoms with E-state index in [1.54, 1.807) is 29.2 Å². The Balaban J connectivity index is 1.83. The van der Waals surface area contributed by atoms with Gasteiger partial charge in [0.05, 0.1) is 11.5 Å². The highest BCUT2D eigenvalue weighted by atomic mass is 16.6. The van der Waals surface area contributed by atoms with Gasteiger partial charge in [0.15, 0.2) is 0 Å². The molecular formula is C20H21N5O4. The van der Waals surface area contributed by atoms with Crippen molar-refractivity contribution < 1.29 is 14.8 Å². The van der Waals surface area contributed by atoms with Gasteiger partial charge >= 0.3 is 5.69 Å². The number of para-hydroxylation sites is 1. The minimum absolute atomic E-state index is 0.0770. The zero-order valence-electron chi connectivity index (χ0n) is 15.9. The maximum Gasteiger partial charge on any atom is 0.353 e. The maximum absolute atomic E-state index is 11.7. The smallest absolute Gasteiger partial charge is 0.353 e. The highest BCUT2D eigenvalue weighted by Crippen LogP contribution is 2.34. The molecule has 3 aromatic rings. The van der Waals surface area contributed by atoms with E-state index in [-0.39, 0.29) is 30.5 Å². The van der Waals surface area contributed by atoms with Crippen molar-refractivity contribution in [3.8, 4) is 11.5 Å². The van der Waals surface area contributed by atoms with Crippen molar-refractivity contribution in [3.05, 3.63) is 71.0 Å². The minimum Gasteiger partial charge on any atom is -0.457 e. The summed E-state index contributed by atoms with van der Waals surface area (Å²) in [5, 5.41) is 23.9. The van der Waals surface area contributed by atoms with Crippen LogP contribution in [0.25, 0.3) is 0 Å². The molecule has 0 aliphatic heterocycles. The van der Waals surface area contributed by atoms with E-state index >= 15 is 0 Å². The highest BCUT2D eigenvalue weighted by molar-refractivity contribution is 5.74. The summed E-state index contributed by atoms with van der Waals surface area (Å²) < 4.78 is 5.75. The number of hydrogen-bond acceptors (Lipinski definition) is 8. The van der Waals surface area contributed by atoms with Crippen LogP contribution in [-0.4, -0.2) is 39.7 Å². The highest BCUT2D eigenvalue weighted by Gasteiger charge is 2.26. The van der Waals surface area contributed by atoms with Gasteiger partial charge in [-0.25, -0.2) is 9.97 Å². The first-order valence-corrected chi connectivity index (χ1v) is 9.07. The summed E-state index contributed by atoms with van der Waals surface area (Å²) in [6.45, 7) is 2.39. The molecule has 0 fully saturated rings. The molecule has 9 heteroatoms. The fraction of sp³-hybridized carbons (Fsp3) is 0.200. The lowest BCUT2D eigenvalue weighted by molar-refractivity contribution is -0.383. The van der Waals surface area contributed by atoms with Crippen LogP contribution in [0.4, 0.5) is 23.0 Å². The first-order chi connectivity index (χ1) is 14.1. The lowest BCUT2D eigenvalue weighted by atomic mass is 10.3. The van der Waals surface area contributed by atoms with Crippen LogP contribution in [0, 0.1) is 10.1 Å². The first kappa shape index (κ1) is 20.0. The maximum atomic E-state index is 11.7. The monoisotopic (exact) mass is 395 g/mol. The summed E-state index contributed by atoms with van der Waals surface area (Å²) in [6, 6.07) is 16.4. The summed E-state index contributed by atoms with van der Waals surface area (Å²) in [5.74, 6) is 1.59. The molecule has 0 spiro atoms. The third-order valence-corrected chi connectivity index (χ3v) is 4.13. The molecule has 1 aromatic heterocycles. The van der Waals surface area contributed by atoms with E-state index in [0.29, 0.717) is 23.7 Å². The molecule has 0 aliphatic rings. The fourth-order valence-corrected chi connectivity index (χ4v) is 2.76. The molecule has 150 valence electrons. The summed E-state index contributed by atoms with van der Waals surface area (Å²) in [4.78, 5) is 20.9. The van der Waals surface area contributed by atoms with E-state index < -0.39 is 4.92 Å². The Hall–Kier alpha value is -3.72. The molecule has 2 N–H and O–H groups in total. The Kier molecular flexibility index (Phi) is 6.54. The zero-order chi connectivity index (χ0) is 20.6. The van der Waals surface area contributed by atoms with Crippen molar-refractivity contribution in [1.82, 2.24) is 9.97 Å². The minimum atomic E-state index is -0.523. The van der Waals surface area contributed by atoms with Crippen LogP contribution >= 0.6 is 0 Å². The average molecular weight is 395 g/mol. The third-order valence-electron chi connectivity index (χ3n) is 4.13. The van der Waals surface area contributed by atoms with Gasteiger partial charge in [-0.15, -0.1) is 0 Å². The molecule has 0 bridgehead atoms. The van der Waals surface area contributed by atoms with Crippen molar-refractivity contribution in [2.75, 3.05) is 29.9 Å². The van der Waals surface area contributed by atoms with E-state index in [2.05, 4.69) is 15.3 Å². The van der Waals surface area contributed by atoms with Gasteiger partial charge in [0.25, 0.3) is 0 Å². The number of ether oxygens (including phenoxy) is 1. The zero-order valence-corrected chi connectivity index (χ0v) is 15.9. The molecule has 29 heavy (non-hydrogen) atoms. The number of aliphatic hydroxyl groups is 1. The number of anilines is 3. The van der Waals surface area contributed by atoms with Gasteiger partial charge in [-0.05, 0) is 43.3 Å². The van der Waals surface area contributed by atoms with Crippen molar-refractivity contribution in [3.63, 3.8) is 0 Å². The number of nitrogens with one attached hydrogen (secondary N) is 1. The topological polar surface area (TPSA) is 114 Å². The molecule has 0 radical (unpaired) electrons. The van der Waals surface area contributed by atoms with E-state index in [0.717, 1.165) is 0 Å². The van der Waals surface area contributed by atoms with Crippen molar-refractivity contribution >= 4 is 23.0 Å². The summed E-state index contributed by atoms with van der Waals surface area (Å²) in [7, 11) is 0. The second-order valence-corrected chi connectivity index (χ2v) is 6.02. The lowest BCUT2D eigenvalue weighted by Crippen LogP contribution is -2.28. The number of rotatable bonds is 9. The Bertz CT molecular complexity index is 951. The molecule has 3 rings (SSSR count). The Morgan fingerprint density at radius 2 is 1.79 bits per heavy atom. The number of aromatic nitrogens is 2. The molecule has 0 atom stereocenters. The van der Waals surface area contributed by atoms with Crippen LogP contribution in [-0.2, 0) is 0 Å². The fourth-order valence-electron chi connectivity index (χ4n) is 2.76. The predicted octanol–water partition coefficient (Wildman–Crippen LogP) is 3.74. The van der Waals surface area contributed by atoms with Gasteiger partial charge in [-0.3, -0.25) is 10.1 Å². The van der Waals surface area contributed by atoms with E-state index in [4.69, 9.17) is 4.74 Å². The average Bonchev–Trinajstić information content (AvgIpc) is 2.74. The second kappa shape index (κ2) is 9.47. The van der Waals surface area contributed by atoms with Gasteiger partial charge in [0.1, 0.15) is 17.8 Å². The van der Waals surface area contributed by atoms with Crippen molar-refractivity contribution in [1.29, 1.82) is 0 Å². The lowest BCUT2D eigenvalue weighted by Gasteiger charge is -2.21. The van der Waals surface area contributed by atoms with E-state index in [1.807, 2.05) is 37.3 Å². The molecular weight excluding hydrogens is 374 g/mol. The largest absolute Gasteiger partial charge is 0.457 e. The van der Waals surface area contributed by atoms with Gasteiger partial charge in [-0.2, -0.15) is 0 Å². The van der Waals surface area contributed by atoms with Crippen molar-refractivity contribution in [2.45, 2.75) is 6.92 Å². The number of nitrogens with zero attached hydrogens (tertiary/aromatic N) is 4. The van der Waals surface area contributed by atoms with Crippen LogP contribution in [0.15, 0.2) is 60.9 Å². The number of nitro groups is 1. The Labute approximate surface area is 167 Å². The first-order valence-electron chi connectivity index (χ1n) is 9.07. The van der Waals surface area contributed by atoms with Gasteiger partial charge in [0.2, 0.25) is 11.6 Å². The van der Waals surface area contributed by atoms with Gasteiger partial charge in [-0.1, -0.05) is 18.2 Å². The number of aliphatic hydroxyl groups excluding tert-OH is 1. The van der Waals surface area contributed by atoms with E-state index in [1.165, 1.54) is 6.33 Å². The summed E-state index contributed by atoms with van der Waals surface area (Å²) >= 11 is 0. The van der Waals surface area contributed by atoms with E-state index in [9.17, 15) is 15.2 Å². The summed E-state index contributed by atoms with van der Waals surface area (Å²) in [6.07, 6.45) is 1.26. The Morgan fingerprint density at radius 3 is 2.41 bits per heavy atom. The summed E-state index contributed by atoms with van der Waals surface area (Å²) in [5.41, 5.74) is 0.371. The molecule has 2 aromatic carbocycles. The molecule has 0 aliphatic carbocycles. The molecule has 1 heterocycles. The van der Waals surface area contributed by atoms with Crippen LogP contribution in [0.1, 0.15) is 6.92 Å². The number of benzene rings is 2. The molecule has 0 saturated carbocycles. The second-order valence-electron chi connectivity index (χ2n) is 6.02. The molecule has 0 amide bonds. The molecule has 0 saturated heterocycles.